The predicted octanol–water partition coefficient (Wildman–Crippen LogP) is 3.69. The third-order valence-electron chi connectivity index (χ3n) is 3.08. The van der Waals surface area contributed by atoms with Gasteiger partial charge in [0.1, 0.15) is 5.75 Å². The molecule has 0 heterocycles. The minimum Gasteiger partial charge on any atom is -0.496 e. The molecule has 1 N–H and O–H groups in total. The maximum atomic E-state index is 11.9. The second-order valence-corrected chi connectivity index (χ2v) is 6.29. The summed E-state index contributed by atoms with van der Waals surface area (Å²) in [5.74, 6) is 0.581. The van der Waals surface area contributed by atoms with Crippen LogP contribution in [0.4, 0.5) is 0 Å². The first-order valence-electron chi connectivity index (χ1n) is 6.16. The Morgan fingerprint density at radius 2 is 1.75 bits per heavy atom. The molecule has 0 fully saturated rings. The summed E-state index contributed by atoms with van der Waals surface area (Å²) in [7, 11) is -0.884. The van der Waals surface area contributed by atoms with E-state index in [1.54, 1.807) is 13.2 Å². The normalized spacial score (nSPS) is 13.8. The Bertz CT molecular complexity index is 625. The molecule has 0 saturated carbocycles. The molecule has 0 radical (unpaired) electrons. The molecule has 0 saturated heterocycles. The van der Waals surface area contributed by atoms with Gasteiger partial charge in [0.2, 0.25) is 0 Å². The number of ether oxygens (including phenoxy) is 1. The fraction of sp³-hybridized carbons (Fsp3) is 0.200. The maximum absolute atomic E-state index is 11.9. The molecule has 0 amide bonds. The van der Waals surface area contributed by atoms with Crippen molar-refractivity contribution in [2.75, 3.05) is 14.2 Å². The van der Waals surface area contributed by atoms with Gasteiger partial charge in [0.05, 0.1) is 13.3 Å². The van der Waals surface area contributed by atoms with E-state index in [2.05, 4.69) is 4.52 Å². The minimum absolute atomic E-state index is 0.0856. The van der Waals surface area contributed by atoms with Crippen LogP contribution in [0.15, 0.2) is 48.5 Å². The van der Waals surface area contributed by atoms with Crippen molar-refractivity contribution in [2.45, 2.75) is 6.16 Å². The summed E-state index contributed by atoms with van der Waals surface area (Å²) in [6, 6.07) is 15.2. The van der Waals surface area contributed by atoms with E-state index in [0.717, 1.165) is 11.1 Å². The molecule has 0 bridgehead atoms. The average molecular weight is 292 g/mol. The number of hydrogen-bond acceptors (Lipinski definition) is 3. The lowest BCUT2D eigenvalue weighted by Crippen LogP contribution is -1.98. The summed E-state index contributed by atoms with van der Waals surface area (Å²) in [5.41, 5.74) is 2.52. The molecular formula is C15H17O4P. The number of rotatable bonds is 5. The van der Waals surface area contributed by atoms with E-state index in [9.17, 15) is 9.46 Å². The molecule has 2 rings (SSSR count). The quantitative estimate of drug-likeness (QED) is 0.854. The molecule has 0 aliphatic carbocycles. The van der Waals surface area contributed by atoms with E-state index >= 15 is 0 Å². The van der Waals surface area contributed by atoms with Crippen LogP contribution < -0.4 is 4.74 Å². The van der Waals surface area contributed by atoms with E-state index in [4.69, 9.17) is 4.74 Å². The first-order chi connectivity index (χ1) is 9.57. The third kappa shape index (κ3) is 3.28. The van der Waals surface area contributed by atoms with Gasteiger partial charge >= 0.3 is 7.60 Å². The molecule has 106 valence electrons. The number of hydrogen-bond donors (Lipinski definition) is 1. The summed E-state index contributed by atoms with van der Waals surface area (Å²) in [6.45, 7) is 0. The summed E-state index contributed by atoms with van der Waals surface area (Å²) >= 11 is 0. The van der Waals surface area contributed by atoms with Crippen LogP contribution in [0.1, 0.15) is 5.56 Å². The monoisotopic (exact) mass is 292 g/mol. The summed E-state index contributed by atoms with van der Waals surface area (Å²) in [4.78, 5) is 9.75. The van der Waals surface area contributed by atoms with Crippen LogP contribution in [0, 0.1) is 0 Å². The molecule has 4 nitrogen and oxygen atoms in total. The molecule has 0 spiro atoms. The molecule has 5 heteroatoms. The van der Waals surface area contributed by atoms with E-state index in [1.165, 1.54) is 7.11 Å². The molecule has 0 aromatic heterocycles. The Morgan fingerprint density at radius 3 is 2.35 bits per heavy atom. The largest absolute Gasteiger partial charge is 0.496 e. The van der Waals surface area contributed by atoms with Gasteiger partial charge in [0.25, 0.3) is 0 Å². The van der Waals surface area contributed by atoms with Gasteiger partial charge in [-0.25, -0.2) is 0 Å². The number of methoxy groups -OCH3 is 1. The summed E-state index contributed by atoms with van der Waals surface area (Å²) in [5, 5.41) is 0. The van der Waals surface area contributed by atoms with E-state index in [1.807, 2.05) is 42.5 Å². The van der Waals surface area contributed by atoms with Crippen molar-refractivity contribution in [1.82, 2.24) is 0 Å². The molecule has 2 aromatic rings. The van der Waals surface area contributed by atoms with Gasteiger partial charge in [-0.3, -0.25) is 4.57 Å². The molecular weight excluding hydrogens is 275 g/mol. The number of benzene rings is 2. The highest BCUT2D eigenvalue weighted by Crippen LogP contribution is 2.48. The SMILES string of the molecule is COc1cccc(-c2ccccc2)c1CP(=O)(O)OC. The Kier molecular flexibility index (Phi) is 4.61. The van der Waals surface area contributed by atoms with Crippen LogP contribution >= 0.6 is 7.60 Å². The van der Waals surface area contributed by atoms with Gasteiger partial charge in [0.15, 0.2) is 0 Å². The van der Waals surface area contributed by atoms with Gasteiger partial charge in [-0.2, -0.15) is 0 Å². The fourth-order valence-electron chi connectivity index (χ4n) is 2.07. The van der Waals surface area contributed by atoms with Gasteiger partial charge in [-0.1, -0.05) is 42.5 Å². The first-order valence-corrected chi connectivity index (χ1v) is 7.92. The standard InChI is InChI=1S/C15H17O4P/c1-18-15-10-6-9-13(12-7-4-3-5-8-12)14(15)11-20(16,17)19-2/h3-10H,11H2,1-2H3,(H,16,17). The Hall–Kier alpha value is -1.61. The van der Waals surface area contributed by atoms with E-state index in [0.29, 0.717) is 11.3 Å². The molecule has 0 aliphatic rings. The molecule has 0 aliphatic heterocycles. The van der Waals surface area contributed by atoms with Crippen LogP contribution in [-0.2, 0) is 15.3 Å². The van der Waals surface area contributed by atoms with Crippen molar-refractivity contribution in [1.29, 1.82) is 0 Å². The van der Waals surface area contributed by atoms with Crippen molar-refractivity contribution in [3.8, 4) is 16.9 Å². The first kappa shape index (κ1) is 14.8. The van der Waals surface area contributed by atoms with Gasteiger partial charge in [0, 0.05) is 12.7 Å². The highest BCUT2D eigenvalue weighted by molar-refractivity contribution is 7.51. The topological polar surface area (TPSA) is 55.8 Å². The van der Waals surface area contributed by atoms with Crippen LogP contribution in [-0.4, -0.2) is 19.1 Å². The zero-order valence-electron chi connectivity index (χ0n) is 11.4. The van der Waals surface area contributed by atoms with E-state index in [-0.39, 0.29) is 6.16 Å². The summed E-state index contributed by atoms with van der Waals surface area (Å²) in [6.07, 6.45) is -0.0856. The summed E-state index contributed by atoms with van der Waals surface area (Å²) < 4.78 is 21.9. The van der Waals surface area contributed by atoms with Crippen molar-refractivity contribution in [3.05, 3.63) is 54.1 Å². The van der Waals surface area contributed by atoms with Gasteiger partial charge < -0.3 is 14.2 Å². The molecule has 1 atom stereocenters. The molecule has 20 heavy (non-hydrogen) atoms. The second-order valence-electron chi connectivity index (χ2n) is 4.33. The van der Waals surface area contributed by atoms with Gasteiger partial charge in [-0.05, 0) is 17.2 Å². The van der Waals surface area contributed by atoms with Crippen LogP contribution in [0.2, 0.25) is 0 Å². The second kappa shape index (κ2) is 6.23. The van der Waals surface area contributed by atoms with Crippen molar-refractivity contribution < 1.29 is 18.7 Å². The lowest BCUT2D eigenvalue weighted by atomic mass is 10.00. The third-order valence-corrected chi connectivity index (χ3v) is 4.37. The highest BCUT2D eigenvalue weighted by Gasteiger charge is 2.23. The molecule has 2 aromatic carbocycles. The maximum Gasteiger partial charge on any atom is 0.332 e. The van der Waals surface area contributed by atoms with Crippen LogP contribution in [0.25, 0.3) is 11.1 Å². The highest BCUT2D eigenvalue weighted by atomic mass is 31.2. The minimum atomic E-state index is -3.66. The smallest absolute Gasteiger partial charge is 0.332 e. The van der Waals surface area contributed by atoms with Crippen LogP contribution in [0.3, 0.4) is 0 Å². The lowest BCUT2D eigenvalue weighted by Gasteiger charge is -2.16. The average Bonchev–Trinajstić information content (AvgIpc) is 2.48. The Labute approximate surface area is 118 Å². The predicted molar refractivity (Wildman–Crippen MR) is 79.0 cm³/mol. The van der Waals surface area contributed by atoms with Crippen molar-refractivity contribution in [3.63, 3.8) is 0 Å². The van der Waals surface area contributed by atoms with Crippen LogP contribution in [0.5, 0.6) is 5.75 Å². The van der Waals surface area contributed by atoms with Crippen molar-refractivity contribution in [2.24, 2.45) is 0 Å². The molecule has 1 unspecified atom stereocenters. The Balaban J connectivity index is 2.55. The zero-order chi connectivity index (χ0) is 14.6. The lowest BCUT2D eigenvalue weighted by molar-refractivity contribution is 0.313. The zero-order valence-corrected chi connectivity index (χ0v) is 12.3. The fourth-order valence-corrected chi connectivity index (χ4v) is 2.93. The van der Waals surface area contributed by atoms with E-state index < -0.39 is 7.60 Å². The van der Waals surface area contributed by atoms with Gasteiger partial charge in [-0.15, -0.1) is 0 Å². The Morgan fingerprint density at radius 1 is 1.05 bits per heavy atom. The van der Waals surface area contributed by atoms with Crippen molar-refractivity contribution >= 4 is 7.60 Å².